The number of carbonyl (C=O) groups excluding carboxylic acids is 1. The van der Waals surface area contributed by atoms with Crippen molar-refractivity contribution in [2.45, 2.75) is 0 Å². The number of hydrogen-bond acceptors (Lipinski definition) is 5. The van der Waals surface area contributed by atoms with Crippen LogP contribution in [-0.2, 0) is 4.79 Å². The molecule has 0 aromatic heterocycles. The first-order valence-electron chi connectivity index (χ1n) is 4.88. The van der Waals surface area contributed by atoms with E-state index in [2.05, 4.69) is 0 Å². The van der Waals surface area contributed by atoms with Gasteiger partial charge in [-0.2, -0.15) is 0 Å². The van der Waals surface area contributed by atoms with Gasteiger partial charge in [0.2, 0.25) is 0 Å². The number of ether oxygens (including phenoxy) is 1. The van der Waals surface area contributed by atoms with Gasteiger partial charge in [0.25, 0.3) is 5.69 Å². The van der Waals surface area contributed by atoms with E-state index in [1.807, 2.05) is 0 Å². The Labute approximate surface area is 100 Å². The van der Waals surface area contributed by atoms with E-state index >= 15 is 0 Å². The van der Waals surface area contributed by atoms with Gasteiger partial charge in [-0.25, -0.2) is 4.79 Å². The lowest BCUT2D eigenvalue weighted by atomic mass is 9.99. The van der Waals surface area contributed by atoms with Crippen molar-refractivity contribution in [2.24, 2.45) is 0 Å². The van der Waals surface area contributed by atoms with Gasteiger partial charge in [-0.05, 0) is 6.07 Å². The van der Waals surface area contributed by atoms with Gasteiger partial charge >= 0.3 is 5.97 Å². The van der Waals surface area contributed by atoms with Crippen LogP contribution in [0.3, 0.4) is 0 Å². The average molecular weight is 249 g/mol. The van der Waals surface area contributed by atoms with Gasteiger partial charge in [-0.3, -0.25) is 14.9 Å². The van der Waals surface area contributed by atoms with E-state index in [9.17, 15) is 19.7 Å². The highest BCUT2D eigenvalue weighted by atomic mass is 16.6. The minimum absolute atomic E-state index is 0.00273. The number of aliphatic carboxylic acids is 1. The quantitative estimate of drug-likeness (QED) is 0.479. The van der Waals surface area contributed by atoms with E-state index in [0.29, 0.717) is 0 Å². The predicted molar refractivity (Wildman–Crippen MR) is 58.6 cm³/mol. The number of carbonyl (C=O) groups is 2. The molecule has 1 aliphatic rings. The van der Waals surface area contributed by atoms with Gasteiger partial charge in [0.05, 0.1) is 10.5 Å². The summed E-state index contributed by atoms with van der Waals surface area (Å²) in [6, 6.07) is 3.62. The number of nitrogens with zero attached hydrogens (tertiary/aromatic N) is 1. The van der Waals surface area contributed by atoms with Crippen molar-refractivity contribution in [2.75, 3.05) is 6.61 Å². The third-order valence-electron chi connectivity index (χ3n) is 2.39. The van der Waals surface area contributed by atoms with Crippen LogP contribution in [0, 0.1) is 10.1 Å². The monoisotopic (exact) mass is 249 g/mol. The van der Waals surface area contributed by atoms with Crippen molar-refractivity contribution in [1.29, 1.82) is 0 Å². The van der Waals surface area contributed by atoms with Crippen LogP contribution in [0.15, 0.2) is 29.8 Å². The summed E-state index contributed by atoms with van der Waals surface area (Å²) in [6.45, 7) is -0.157. The lowest BCUT2D eigenvalue weighted by Gasteiger charge is -2.17. The van der Waals surface area contributed by atoms with E-state index in [1.54, 1.807) is 0 Å². The maximum atomic E-state index is 11.9. The molecule has 0 saturated heterocycles. The fraction of sp³-hybridized carbons (Fsp3) is 0.0909. The van der Waals surface area contributed by atoms with Gasteiger partial charge in [-0.1, -0.05) is 0 Å². The number of non-ortho nitro benzene ring substituents is 1. The van der Waals surface area contributed by atoms with Crippen molar-refractivity contribution >= 4 is 17.4 Å². The van der Waals surface area contributed by atoms with Crippen LogP contribution >= 0.6 is 0 Å². The van der Waals surface area contributed by atoms with Crippen molar-refractivity contribution in [3.63, 3.8) is 0 Å². The molecule has 0 aliphatic carbocycles. The van der Waals surface area contributed by atoms with E-state index < -0.39 is 16.7 Å². The fourth-order valence-electron chi connectivity index (χ4n) is 1.59. The highest BCUT2D eigenvalue weighted by Crippen LogP contribution is 2.30. The molecular weight excluding hydrogens is 242 g/mol. The number of benzene rings is 1. The molecule has 0 saturated carbocycles. The van der Waals surface area contributed by atoms with Crippen molar-refractivity contribution in [1.82, 2.24) is 0 Å². The summed E-state index contributed by atoms with van der Waals surface area (Å²) >= 11 is 0. The molecule has 0 radical (unpaired) electrons. The van der Waals surface area contributed by atoms with Crippen LogP contribution in [-0.4, -0.2) is 28.4 Å². The summed E-state index contributed by atoms with van der Waals surface area (Å²) in [7, 11) is 0. The molecule has 1 aromatic carbocycles. The summed E-state index contributed by atoms with van der Waals surface area (Å²) in [4.78, 5) is 32.4. The zero-order chi connectivity index (χ0) is 13.3. The standard InChI is InChI=1S/C11H7NO6/c13-10(14)3-6-5-18-9-2-1-7(12(16)17)4-8(9)11(6)15/h1-4H,5H2,(H,13,14)/b6-3+. The smallest absolute Gasteiger partial charge is 0.328 e. The van der Waals surface area contributed by atoms with Crippen LogP contribution in [0.5, 0.6) is 5.75 Å². The zero-order valence-corrected chi connectivity index (χ0v) is 8.95. The molecule has 1 aromatic rings. The van der Waals surface area contributed by atoms with Crippen LogP contribution < -0.4 is 4.74 Å². The second-order valence-electron chi connectivity index (χ2n) is 3.56. The number of nitro groups is 1. The topological polar surface area (TPSA) is 107 Å². The van der Waals surface area contributed by atoms with Crippen molar-refractivity contribution in [3.8, 4) is 5.75 Å². The minimum atomic E-state index is -1.27. The Balaban J connectivity index is 2.47. The third-order valence-corrected chi connectivity index (χ3v) is 2.39. The molecule has 0 unspecified atom stereocenters. The second-order valence-corrected chi connectivity index (χ2v) is 3.56. The number of fused-ring (bicyclic) bond motifs is 1. The van der Waals surface area contributed by atoms with Gasteiger partial charge < -0.3 is 9.84 Å². The van der Waals surface area contributed by atoms with Crippen LogP contribution in [0.1, 0.15) is 10.4 Å². The Morgan fingerprint density at radius 2 is 2.22 bits per heavy atom. The van der Waals surface area contributed by atoms with E-state index in [0.717, 1.165) is 12.1 Å². The van der Waals surface area contributed by atoms with Crippen LogP contribution in [0.25, 0.3) is 0 Å². The molecule has 1 heterocycles. The highest BCUT2D eigenvalue weighted by molar-refractivity contribution is 6.14. The molecule has 1 N–H and O–H groups in total. The largest absolute Gasteiger partial charge is 0.488 e. The number of carboxylic acid groups (broad SMARTS) is 1. The third kappa shape index (κ3) is 2.05. The number of rotatable bonds is 2. The lowest BCUT2D eigenvalue weighted by Crippen LogP contribution is -2.20. The molecule has 0 atom stereocenters. The summed E-state index contributed by atoms with van der Waals surface area (Å²) < 4.78 is 5.17. The molecule has 7 nitrogen and oxygen atoms in total. The normalized spacial score (nSPS) is 16.0. The molecular formula is C11H7NO6. The van der Waals surface area contributed by atoms with E-state index in [4.69, 9.17) is 9.84 Å². The summed E-state index contributed by atoms with van der Waals surface area (Å²) in [6.07, 6.45) is 0.740. The molecule has 1 aliphatic heterocycles. The first-order chi connectivity index (χ1) is 8.49. The molecule has 0 bridgehead atoms. The number of nitro benzene ring substituents is 1. The molecule has 0 fully saturated rings. The Morgan fingerprint density at radius 3 is 2.83 bits per heavy atom. The Hall–Kier alpha value is -2.70. The number of ketones is 1. The van der Waals surface area contributed by atoms with Crippen LogP contribution in [0.2, 0.25) is 0 Å². The minimum Gasteiger partial charge on any atom is -0.488 e. The zero-order valence-electron chi connectivity index (χ0n) is 8.95. The van der Waals surface area contributed by atoms with Gasteiger partial charge in [-0.15, -0.1) is 0 Å². The average Bonchev–Trinajstić information content (AvgIpc) is 2.32. The van der Waals surface area contributed by atoms with Gasteiger partial charge in [0, 0.05) is 23.8 Å². The van der Waals surface area contributed by atoms with E-state index in [-0.39, 0.29) is 29.2 Å². The Morgan fingerprint density at radius 1 is 1.50 bits per heavy atom. The first-order valence-corrected chi connectivity index (χ1v) is 4.88. The molecule has 0 amide bonds. The lowest BCUT2D eigenvalue weighted by molar-refractivity contribution is -0.384. The predicted octanol–water partition coefficient (Wildman–Crippen LogP) is 1.18. The Kier molecular flexibility index (Phi) is 2.80. The number of carboxylic acids is 1. The molecule has 7 heteroatoms. The van der Waals surface area contributed by atoms with Crippen LogP contribution in [0.4, 0.5) is 5.69 Å². The molecule has 92 valence electrons. The van der Waals surface area contributed by atoms with Crippen molar-refractivity contribution < 1.29 is 24.4 Å². The maximum Gasteiger partial charge on any atom is 0.328 e. The van der Waals surface area contributed by atoms with E-state index in [1.165, 1.54) is 12.1 Å². The number of hydrogen-bond donors (Lipinski definition) is 1. The maximum absolute atomic E-state index is 11.9. The molecule has 0 spiro atoms. The summed E-state index contributed by atoms with van der Waals surface area (Å²) in [5.41, 5.74) is -0.291. The SMILES string of the molecule is O=C(O)/C=C1\COc2ccc([N+](=O)[O-])cc2C1=O. The first kappa shape index (κ1) is 11.8. The van der Waals surface area contributed by atoms with Crippen molar-refractivity contribution in [3.05, 3.63) is 45.5 Å². The fourth-order valence-corrected chi connectivity index (χ4v) is 1.59. The van der Waals surface area contributed by atoms with Gasteiger partial charge in [0.15, 0.2) is 5.78 Å². The number of Topliss-reactive ketones (excluding diaryl/α,β-unsaturated/α-hetero) is 1. The summed E-state index contributed by atoms with van der Waals surface area (Å²) in [5.74, 6) is -1.62. The van der Waals surface area contributed by atoms with Gasteiger partial charge in [0.1, 0.15) is 12.4 Å². The summed E-state index contributed by atoms with van der Waals surface area (Å²) in [5, 5.41) is 19.2. The molecule has 2 rings (SSSR count). The molecule has 18 heavy (non-hydrogen) atoms. The second kappa shape index (κ2) is 4.28. The highest BCUT2D eigenvalue weighted by Gasteiger charge is 2.26. The Bertz CT molecular complexity index is 589.